The van der Waals surface area contributed by atoms with Crippen LogP contribution in [-0.4, -0.2) is 45.9 Å². The Hall–Kier alpha value is -2.11. The van der Waals surface area contributed by atoms with Crippen molar-refractivity contribution in [2.75, 3.05) is 13.1 Å². The number of carbonyl (C=O) groups excluding carboxylic acids is 2. The van der Waals surface area contributed by atoms with Crippen molar-refractivity contribution in [1.82, 2.24) is 15.2 Å². The molecule has 0 radical (unpaired) electrons. The van der Waals surface area contributed by atoms with Gasteiger partial charge in [0.25, 0.3) is 5.91 Å². The SMILES string of the molecule is C[C@H](CN1CCCC1=O)NC(=O)c1ncccc1O. The second-order valence-electron chi connectivity index (χ2n) is 4.69. The Kier molecular flexibility index (Phi) is 3.99. The van der Waals surface area contributed by atoms with E-state index in [1.807, 2.05) is 6.92 Å². The van der Waals surface area contributed by atoms with Crippen LogP contribution in [0.5, 0.6) is 5.75 Å². The standard InChI is InChI=1S/C13H17N3O3/c1-9(8-16-7-3-5-11(16)18)15-13(19)12-10(17)4-2-6-14-12/h2,4,6,9,17H,3,5,7-8H2,1H3,(H,15,19)/t9-/m1/s1. The summed E-state index contributed by atoms with van der Waals surface area (Å²) in [6.07, 6.45) is 2.91. The molecular formula is C13H17N3O3. The van der Waals surface area contributed by atoms with E-state index in [2.05, 4.69) is 10.3 Å². The fourth-order valence-corrected chi connectivity index (χ4v) is 2.14. The van der Waals surface area contributed by atoms with Crippen molar-refractivity contribution in [3.63, 3.8) is 0 Å². The van der Waals surface area contributed by atoms with Crippen LogP contribution >= 0.6 is 0 Å². The predicted octanol–water partition coefficient (Wildman–Crippen LogP) is 0.528. The zero-order valence-electron chi connectivity index (χ0n) is 10.8. The number of hydrogen-bond donors (Lipinski definition) is 2. The molecule has 2 amide bonds. The third kappa shape index (κ3) is 3.21. The summed E-state index contributed by atoms with van der Waals surface area (Å²) in [6.45, 7) is 3.05. The van der Waals surface area contributed by atoms with Crippen LogP contribution in [0.1, 0.15) is 30.3 Å². The molecule has 0 spiro atoms. The van der Waals surface area contributed by atoms with Crippen LogP contribution in [0.25, 0.3) is 0 Å². The van der Waals surface area contributed by atoms with Gasteiger partial charge in [-0.1, -0.05) is 0 Å². The Balaban J connectivity index is 1.92. The quantitative estimate of drug-likeness (QED) is 0.830. The Bertz CT molecular complexity index is 490. The Morgan fingerprint density at radius 3 is 3.05 bits per heavy atom. The number of aromatic nitrogens is 1. The van der Waals surface area contributed by atoms with E-state index in [-0.39, 0.29) is 23.4 Å². The molecule has 0 aromatic carbocycles. The molecule has 1 aliphatic heterocycles. The third-order valence-corrected chi connectivity index (χ3v) is 3.04. The molecule has 1 aliphatic rings. The molecule has 0 aliphatic carbocycles. The van der Waals surface area contributed by atoms with Gasteiger partial charge < -0.3 is 15.3 Å². The summed E-state index contributed by atoms with van der Waals surface area (Å²) in [4.78, 5) is 28.9. The molecule has 1 aromatic rings. The minimum absolute atomic E-state index is 0.00194. The van der Waals surface area contributed by atoms with Gasteiger partial charge in [-0.2, -0.15) is 0 Å². The van der Waals surface area contributed by atoms with Crippen molar-refractivity contribution < 1.29 is 14.7 Å². The normalized spacial score (nSPS) is 16.5. The highest BCUT2D eigenvalue weighted by atomic mass is 16.3. The summed E-state index contributed by atoms with van der Waals surface area (Å²) in [5.74, 6) is -0.455. The van der Waals surface area contributed by atoms with E-state index >= 15 is 0 Å². The molecule has 2 N–H and O–H groups in total. The highest BCUT2D eigenvalue weighted by Gasteiger charge is 2.23. The molecule has 0 unspecified atom stereocenters. The highest BCUT2D eigenvalue weighted by molar-refractivity contribution is 5.94. The summed E-state index contributed by atoms with van der Waals surface area (Å²) in [5.41, 5.74) is 0.00194. The van der Waals surface area contributed by atoms with Gasteiger partial charge in [-0.25, -0.2) is 4.98 Å². The van der Waals surface area contributed by atoms with Crippen LogP contribution in [0, 0.1) is 0 Å². The molecule has 1 atom stereocenters. The van der Waals surface area contributed by atoms with Crippen molar-refractivity contribution in [2.24, 2.45) is 0 Å². The number of aromatic hydroxyl groups is 1. The lowest BCUT2D eigenvalue weighted by atomic mass is 10.2. The van der Waals surface area contributed by atoms with Crippen LogP contribution in [0.2, 0.25) is 0 Å². The molecule has 2 rings (SSSR count). The van der Waals surface area contributed by atoms with E-state index in [0.29, 0.717) is 13.0 Å². The monoisotopic (exact) mass is 263 g/mol. The second-order valence-corrected chi connectivity index (χ2v) is 4.69. The Labute approximate surface area is 111 Å². The number of likely N-dealkylation sites (tertiary alicyclic amines) is 1. The summed E-state index contributed by atoms with van der Waals surface area (Å²) in [5, 5.41) is 12.3. The van der Waals surface area contributed by atoms with Gasteiger partial charge in [-0.15, -0.1) is 0 Å². The van der Waals surface area contributed by atoms with E-state index in [1.54, 1.807) is 11.0 Å². The fraction of sp³-hybridized carbons (Fsp3) is 0.462. The van der Waals surface area contributed by atoms with Gasteiger partial charge in [0.05, 0.1) is 0 Å². The zero-order chi connectivity index (χ0) is 13.8. The van der Waals surface area contributed by atoms with E-state index in [4.69, 9.17) is 0 Å². The number of hydrogen-bond acceptors (Lipinski definition) is 4. The largest absolute Gasteiger partial charge is 0.505 e. The first kappa shape index (κ1) is 13.3. The number of carbonyl (C=O) groups is 2. The molecule has 0 saturated carbocycles. The van der Waals surface area contributed by atoms with Gasteiger partial charge >= 0.3 is 0 Å². The van der Waals surface area contributed by atoms with Crippen LogP contribution in [0.4, 0.5) is 0 Å². The van der Waals surface area contributed by atoms with Gasteiger partial charge in [-0.3, -0.25) is 9.59 Å². The molecule has 0 bridgehead atoms. The minimum atomic E-state index is -0.433. The lowest BCUT2D eigenvalue weighted by molar-refractivity contribution is -0.127. The molecule has 2 heterocycles. The van der Waals surface area contributed by atoms with Gasteiger partial charge in [0, 0.05) is 31.7 Å². The zero-order valence-corrected chi connectivity index (χ0v) is 10.8. The third-order valence-electron chi connectivity index (χ3n) is 3.04. The number of pyridine rings is 1. The summed E-state index contributed by atoms with van der Waals surface area (Å²) < 4.78 is 0. The molecule has 1 saturated heterocycles. The van der Waals surface area contributed by atoms with Crippen LogP contribution in [0.15, 0.2) is 18.3 Å². The van der Waals surface area contributed by atoms with E-state index in [9.17, 15) is 14.7 Å². The molecule has 6 nitrogen and oxygen atoms in total. The van der Waals surface area contributed by atoms with Gasteiger partial charge in [0.1, 0.15) is 5.75 Å². The number of amides is 2. The summed E-state index contributed by atoms with van der Waals surface area (Å²) in [7, 11) is 0. The minimum Gasteiger partial charge on any atom is -0.505 e. The van der Waals surface area contributed by atoms with Crippen molar-refractivity contribution in [2.45, 2.75) is 25.8 Å². The average molecular weight is 263 g/mol. The molecular weight excluding hydrogens is 246 g/mol. The van der Waals surface area contributed by atoms with Crippen molar-refractivity contribution >= 4 is 11.8 Å². The Morgan fingerprint density at radius 2 is 2.42 bits per heavy atom. The van der Waals surface area contributed by atoms with Crippen molar-refractivity contribution in [1.29, 1.82) is 0 Å². The van der Waals surface area contributed by atoms with Gasteiger partial charge in [0.2, 0.25) is 5.91 Å². The number of rotatable bonds is 4. The Morgan fingerprint density at radius 1 is 1.63 bits per heavy atom. The number of nitrogens with one attached hydrogen (secondary N) is 1. The number of nitrogens with zero attached hydrogens (tertiary/aromatic N) is 2. The van der Waals surface area contributed by atoms with Crippen molar-refractivity contribution in [3.05, 3.63) is 24.0 Å². The summed E-state index contributed by atoms with van der Waals surface area (Å²) in [6, 6.07) is 2.78. The lowest BCUT2D eigenvalue weighted by Crippen LogP contribution is -2.42. The van der Waals surface area contributed by atoms with Crippen LogP contribution < -0.4 is 5.32 Å². The molecule has 6 heteroatoms. The lowest BCUT2D eigenvalue weighted by Gasteiger charge is -2.21. The first-order chi connectivity index (χ1) is 9.08. The van der Waals surface area contributed by atoms with Gasteiger partial charge in [-0.05, 0) is 25.5 Å². The van der Waals surface area contributed by atoms with E-state index in [0.717, 1.165) is 13.0 Å². The van der Waals surface area contributed by atoms with Crippen LogP contribution in [0.3, 0.4) is 0 Å². The van der Waals surface area contributed by atoms with E-state index < -0.39 is 5.91 Å². The van der Waals surface area contributed by atoms with Gasteiger partial charge in [0.15, 0.2) is 5.69 Å². The highest BCUT2D eigenvalue weighted by Crippen LogP contribution is 2.13. The van der Waals surface area contributed by atoms with E-state index in [1.165, 1.54) is 12.3 Å². The molecule has 1 aromatic heterocycles. The first-order valence-corrected chi connectivity index (χ1v) is 6.30. The topological polar surface area (TPSA) is 82.5 Å². The maximum atomic E-state index is 11.9. The van der Waals surface area contributed by atoms with Crippen LogP contribution in [-0.2, 0) is 4.79 Å². The molecule has 1 fully saturated rings. The molecule has 102 valence electrons. The second kappa shape index (κ2) is 5.69. The average Bonchev–Trinajstić information content (AvgIpc) is 2.75. The maximum Gasteiger partial charge on any atom is 0.274 e. The predicted molar refractivity (Wildman–Crippen MR) is 68.6 cm³/mol. The molecule has 19 heavy (non-hydrogen) atoms. The fourth-order valence-electron chi connectivity index (χ4n) is 2.14. The maximum absolute atomic E-state index is 11.9. The first-order valence-electron chi connectivity index (χ1n) is 6.30. The van der Waals surface area contributed by atoms with Crippen molar-refractivity contribution in [3.8, 4) is 5.75 Å². The smallest absolute Gasteiger partial charge is 0.274 e. The summed E-state index contributed by atoms with van der Waals surface area (Å²) >= 11 is 0.